The second-order valence-corrected chi connectivity index (χ2v) is 22.2. The number of hydrogen-bond acceptors (Lipinski definition) is 11. The SMILES string of the molecule is CCC(/C=C1\Sc2ccc(C3=CSC4=S3C=CC=C4)cc2N1CCCS(=O)(=O)[O-])=C\c1sc2ccc(-c3csc4ccccc34)cc2[n+]1CCCS(=O)(=O)[O-]. The third kappa shape index (κ3) is 8.55. The van der Waals surface area contributed by atoms with E-state index in [9.17, 15) is 25.9 Å². The summed E-state index contributed by atoms with van der Waals surface area (Å²) in [5, 5.41) is 9.65. The molecule has 1 unspecified atom stereocenters. The minimum atomic E-state index is -4.38. The number of anilines is 1. The van der Waals surface area contributed by atoms with Gasteiger partial charge in [0.1, 0.15) is 4.70 Å². The Morgan fingerprint density at radius 3 is 2.55 bits per heavy atom. The first kappa shape index (κ1) is 38.6. The number of benzene rings is 3. The number of thiophene rings is 1. The molecular weight excluding hydrogens is 829 g/mol. The fourth-order valence-corrected chi connectivity index (χ4v) is 14.4. The van der Waals surface area contributed by atoms with Crippen molar-refractivity contribution in [2.45, 2.75) is 37.6 Å². The van der Waals surface area contributed by atoms with Crippen molar-refractivity contribution in [1.82, 2.24) is 0 Å². The van der Waals surface area contributed by atoms with Crippen LogP contribution in [0.15, 0.2) is 117 Å². The summed E-state index contributed by atoms with van der Waals surface area (Å²) in [7, 11) is -8.88. The quantitative estimate of drug-likeness (QED) is 0.0647. The fraction of sp³-hybridized carbons (Fsp3) is 0.200. The zero-order valence-corrected chi connectivity index (χ0v) is 35.3. The summed E-state index contributed by atoms with van der Waals surface area (Å²) in [6.45, 7) is 2.79. The summed E-state index contributed by atoms with van der Waals surface area (Å²) >= 11 is 6.68. The third-order valence-corrected chi connectivity index (χ3v) is 17.7. The molecule has 15 heteroatoms. The van der Waals surface area contributed by atoms with E-state index in [1.165, 1.54) is 19.2 Å². The van der Waals surface area contributed by atoms with Crippen LogP contribution in [-0.2, 0) is 26.8 Å². The van der Waals surface area contributed by atoms with Gasteiger partial charge in [-0.15, -0.1) is 21.8 Å². The van der Waals surface area contributed by atoms with Crippen LogP contribution in [0.2, 0.25) is 0 Å². The third-order valence-electron chi connectivity index (χ3n) is 9.41. The van der Waals surface area contributed by atoms with E-state index in [0.29, 0.717) is 19.5 Å². The molecule has 0 radical (unpaired) electrons. The van der Waals surface area contributed by atoms with Crippen LogP contribution < -0.4 is 9.47 Å². The number of aromatic nitrogens is 1. The van der Waals surface area contributed by atoms with Gasteiger partial charge in [0, 0.05) is 66.3 Å². The average molecular weight is 864 g/mol. The molecule has 3 aliphatic rings. The zero-order valence-electron chi connectivity index (χ0n) is 29.5. The molecule has 0 saturated carbocycles. The molecular formula is C40H35N2O6S7-. The summed E-state index contributed by atoms with van der Waals surface area (Å²) < 4.78 is 75.4. The number of fused-ring (bicyclic) bond motifs is 3. The van der Waals surface area contributed by atoms with Crippen molar-refractivity contribution in [3.05, 3.63) is 122 Å². The smallest absolute Gasteiger partial charge is 0.263 e. The van der Waals surface area contributed by atoms with Crippen LogP contribution in [0.1, 0.15) is 36.8 Å². The van der Waals surface area contributed by atoms with Crippen molar-refractivity contribution in [2.24, 2.45) is 0 Å². The molecule has 0 fully saturated rings. The molecule has 55 heavy (non-hydrogen) atoms. The lowest BCUT2D eigenvalue weighted by Gasteiger charge is -2.22. The van der Waals surface area contributed by atoms with Gasteiger partial charge in [-0.25, -0.2) is 16.8 Å². The molecule has 3 aliphatic heterocycles. The van der Waals surface area contributed by atoms with E-state index >= 15 is 0 Å². The highest BCUT2D eigenvalue weighted by atomic mass is 32.2. The lowest BCUT2D eigenvalue weighted by Crippen LogP contribution is -2.36. The highest BCUT2D eigenvalue weighted by Gasteiger charge is 2.28. The van der Waals surface area contributed by atoms with E-state index in [1.807, 2.05) is 12.1 Å². The first-order valence-electron chi connectivity index (χ1n) is 17.6. The molecule has 5 heterocycles. The molecule has 0 spiro atoms. The average Bonchev–Trinajstić information content (AvgIpc) is 3.93. The van der Waals surface area contributed by atoms with E-state index in [0.717, 1.165) is 53.1 Å². The van der Waals surface area contributed by atoms with Gasteiger partial charge in [-0.3, -0.25) is 0 Å². The van der Waals surface area contributed by atoms with Crippen LogP contribution in [0, 0.1) is 0 Å². The topological polar surface area (TPSA) is 122 Å². The molecule has 2 aromatic heterocycles. The maximum absolute atomic E-state index is 11.6. The number of aryl methyl sites for hydroxylation is 1. The Kier molecular flexibility index (Phi) is 11.2. The summed E-state index contributed by atoms with van der Waals surface area (Å²) in [4.78, 5) is 4.43. The van der Waals surface area contributed by atoms with Gasteiger partial charge in [0.05, 0.1) is 31.0 Å². The van der Waals surface area contributed by atoms with Gasteiger partial charge in [0.2, 0.25) is 5.52 Å². The molecule has 0 aliphatic carbocycles. The summed E-state index contributed by atoms with van der Waals surface area (Å²) in [6.07, 6.45) is 11.6. The standard InChI is InChI=1S/C40H36N2O6S7/c1-2-27(21-38-41(16-7-19-54(43,44)45)32-23-28(12-14-35(32)51-38)31-25-49-34-10-4-3-9-30(31)34)22-39-42(17-8-20-55(46,47)48)33-24-29(13-15-36(33)52-39)37-26-50-40-11-5-6-18-53(37)40/h3-6,9-15,18,21-26H,2,7-8,16-17,19-20H2,1H3,(H-,43,44,45,46,47,48)/p-1. The van der Waals surface area contributed by atoms with Gasteiger partial charge in [-0.05, 0) is 82.2 Å². The predicted molar refractivity (Wildman–Crippen MR) is 234 cm³/mol. The molecule has 0 saturated heterocycles. The maximum Gasteiger partial charge on any atom is 0.263 e. The van der Waals surface area contributed by atoms with Gasteiger partial charge in [-0.1, -0.05) is 84.3 Å². The van der Waals surface area contributed by atoms with Crippen LogP contribution in [0.25, 0.3) is 42.4 Å². The molecule has 5 aromatic rings. The van der Waals surface area contributed by atoms with Crippen molar-refractivity contribution in [3.8, 4) is 11.1 Å². The van der Waals surface area contributed by atoms with Gasteiger partial charge >= 0.3 is 0 Å². The Balaban J connectivity index is 1.17. The summed E-state index contributed by atoms with van der Waals surface area (Å²) in [5.74, 6) is -0.897. The normalized spacial score (nSPS) is 17.9. The van der Waals surface area contributed by atoms with E-state index in [2.05, 4.69) is 111 Å². The lowest BCUT2D eigenvalue weighted by atomic mass is 10.0. The van der Waals surface area contributed by atoms with E-state index < -0.39 is 31.7 Å². The lowest BCUT2D eigenvalue weighted by molar-refractivity contribution is -0.668. The highest BCUT2D eigenvalue weighted by Crippen LogP contribution is 2.52. The van der Waals surface area contributed by atoms with Crippen molar-refractivity contribution in [1.29, 1.82) is 0 Å². The summed E-state index contributed by atoms with van der Waals surface area (Å²) in [6, 6.07) is 21.1. The zero-order chi connectivity index (χ0) is 38.3. The maximum atomic E-state index is 11.6. The minimum absolute atomic E-state index is 0.122. The van der Waals surface area contributed by atoms with Crippen LogP contribution in [0.3, 0.4) is 0 Å². The molecule has 284 valence electrons. The Morgan fingerprint density at radius 2 is 1.73 bits per heavy atom. The molecule has 8 nitrogen and oxygen atoms in total. The Labute approximate surface area is 340 Å². The van der Waals surface area contributed by atoms with Crippen molar-refractivity contribution >= 4 is 118 Å². The van der Waals surface area contributed by atoms with Crippen LogP contribution in [0.4, 0.5) is 5.69 Å². The van der Waals surface area contributed by atoms with Crippen LogP contribution in [-0.4, -0.2) is 48.2 Å². The first-order chi connectivity index (χ1) is 26.4. The molecule has 1 atom stereocenters. The second kappa shape index (κ2) is 15.9. The van der Waals surface area contributed by atoms with E-state index in [1.54, 1.807) is 46.2 Å². The molecule has 0 amide bonds. The van der Waals surface area contributed by atoms with Crippen molar-refractivity contribution in [3.63, 3.8) is 0 Å². The minimum Gasteiger partial charge on any atom is -0.748 e. The Morgan fingerprint density at radius 1 is 0.927 bits per heavy atom. The van der Waals surface area contributed by atoms with Crippen LogP contribution in [0.5, 0.6) is 0 Å². The molecule has 0 bridgehead atoms. The Bertz CT molecular complexity index is 2770. The van der Waals surface area contributed by atoms with Gasteiger partial charge in [0.15, 0.2) is 6.54 Å². The molecule has 3 aromatic carbocycles. The molecule has 0 N–H and O–H groups in total. The number of allylic oxidation sites excluding steroid dienone is 4. The number of nitrogens with zero attached hydrogens (tertiary/aromatic N) is 2. The predicted octanol–water partition coefficient (Wildman–Crippen LogP) is 9.72. The molecule has 8 rings (SSSR count). The van der Waals surface area contributed by atoms with Crippen LogP contribution >= 0.6 is 56.7 Å². The second-order valence-electron chi connectivity index (χ2n) is 13.1. The van der Waals surface area contributed by atoms with Crippen molar-refractivity contribution < 1.29 is 30.5 Å². The fourth-order valence-electron chi connectivity index (χ4n) is 6.79. The van der Waals surface area contributed by atoms with E-state index in [4.69, 9.17) is 0 Å². The first-order valence-corrected chi connectivity index (χ1v) is 25.4. The van der Waals surface area contributed by atoms with Gasteiger partial charge in [-0.2, -0.15) is 4.57 Å². The number of rotatable bonds is 13. The van der Waals surface area contributed by atoms with Crippen molar-refractivity contribution in [2.75, 3.05) is 23.0 Å². The number of thioether (sulfide) groups is 2. The summed E-state index contributed by atoms with van der Waals surface area (Å²) in [5.41, 5.74) is 6.28. The highest BCUT2D eigenvalue weighted by molar-refractivity contribution is 8.43. The Hall–Kier alpha value is -3.25. The van der Waals surface area contributed by atoms with Gasteiger partial charge in [0.25, 0.3) is 5.01 Å². The largest absolute Gasteiger partial charge is 0.748 e. The number of hydrogen-bond donors (Lipinski definition) is 0. The monoisotopic (exact) mass is 863 g/mol. The number of thiazole rings is 1. The van der Waals surface area contributed by atoms with E-state index in [-0.39, 0.29) is 23.3 Å². The van der Waals surface area contributed by atoms with Gasteiger partial charge < -0.3 is 14.0 Å².